The molecule has 74 valence electrons. The van der Waals surface area contributed by atoms with Gasteiger partial charge in [-0.25, -0.2) is 16.8 Å². The molecule has 0 saturated carbocycles. The molecule has 1 unspecified atom stereocenters. The minimum atomic E-state index is -3.93. The molecule has 0 radical (unpaired) electrons. The predicted molar refractivity (Wildman–Crippen MR) is 43.2 cm³/mol. The van der Waals surface area contributed by atoms with E-state index in [0.717, 1.165) is 6.92 Å². The molecule has 0 bridgehead atoms. The van der Waals surface area contributed by atoms with Crippen molar-refractivity contribution < 1.29 is 21.9 Å². The zero-order valence-electron chi connectivity index (χ0n) is 6.92. The fourth-order valence-electron chi connectivity index (χ4n) is 0.800. The van der Waals surface area contributed by atoms with Crippen LogP contribution in [0.15, 0.2) is 0 Å². The van der Waals surface area contributed by atoms with E-state index in [0.29, 0.717) is 12.5 Å². The first-order valence-corrected chi connectivity index (χ1v) is 6.64. The average molecular weight is 217 g/mol. The molecule has 8 heteroatoms. The largest absolute Gasteiger partial charge is 0.377 e. The fraction of sp³-hybridized carbons (Fsp3) is 1.00. The zero-order valence-corrected chi connectivity index (χ0v) is 8.55. The molecule has 0 aliphatic carbocycles. The van der Waals surface area contributed by atoms with Gasteiger partial charge in [-0.15, -0.1) is 0 Å². The topological polar surface area (TPSA) is 91.8 Å². The summed E-state index contributed by atoms with van der Waals surface area (Å²) >= 11 is 0. The van der Waals surface area contributed by atoms with Crippen molar-refractivity contribution in [3.8, 4) is 0 Å². The Labute approximate surface area is 71.9 Å². The molecule has 0 spiro atoms. The summed E-state index contributed by atoms with van der Waals surface area (Å²) in [7, 11) is -7.85. The number of aliphatic hydroxyl groups excluding tert-OH is 1. The Morgan fingerprint density at radius 2 is 1.33 bits per heavy atom. The van der Waals surface area contributed by atoms with Gasteiger partial charge in [-0.1, -0.05) is 3.71 Å². The molecule has 12 heavy (non-hydrogen) atoms. The van der Waals surface area contributed by atoms with Crippen LogP contribution in [0.1, 0.15) is 6.92 Å². The highest BCUT2D eigenvalue weighted by atomic mass is 32.3. The highest BCUT2D eigenvalue weighted by molar-refractivity contribution is 8.03. The quantitative estimate of drug-likeness (QED) is 0.584. The Balaban J connectivity index is 5.26. The van der Waals surface area contributed by atoms with Gasteiger partial charge in [-0.05, 0) is 6.92 Å². The van der Waals surface area contributed by atoms with E-state index in [9.17, 15) is 16.8 Å². The van der Waals surface area contributed by atoms with Crippen LogP contribution in [0.25, 0.3) is 0 Å². The van der Waals surface area contributed by atoms with E-state index < -0.39 is 26.3 Å². The second kappa shape index (κ2) is 3.29. The second-order valence-electron chi connectivity index (χ2n) is 2.38. The summed E-state index contributed by atoms with van der Waals surface area (Å²) in [5.74, 6) is 0. The maximum Gasteiger partial charge on any atom is 0.226 e. The average Bonchev–Trinajstić information content (AvgIpc) is 1.49. The van der Waals surface area contributed by atoms with Crippen LogP contribution in [-0.2, 0) is 20.0 Å². The van der Waals surface area contributed by atoms with Crippen LogP contribution in [0.3, 0.4) is 0 Å². The third kappa shape index (κ3) is 3.05. The lowest BCUT2D eigenvalue weighted by molar-refractivity contribution is 0.128. The molecule has 1 atom stereocenters. The van der Waals surface area contributed by atoms with Crippen molar-refractivity contribution in [3.63, 3.8) is 0 Å². The summed E-state index contributed by atoms with van der Waals surface area (Å²) < 4.78 is 43.3. The number of nitrogens with zero attached hydrogens (tertiary/aromatic N) is 1. The van der Waals surface area contributed by atoms with Crippen LogP contribution in [0.4, 0.5) is 0 Å². The van der Waals surface area contributed by atoms with E-state index in [1.807, 2.05) is 0 Å². The molecule has 0 aliphatic heterocycles. The third-order valence-corrected chi connectivity index (χ3v) is 4.50. The Bertz CT molecular complexity index is 308. The lowest BCUT2D eigenvalue weighted by Crippen LogP contribution is -2.41. The van der Waals surface area contributed by atoms with Gasteiger partial charge >= 0.3 is 0 Å². The van der Waals surface area contributed by atoms with Crippen LogP contribution in [0.5, 0.6) is 0 Å². The predicted octanol–water partition coefficient (Wildman–Crippen LogP) is -1.45. The van der Waals surface area contributed by atoms with E-state index in [2.05, 4.69) is 0 Å². The van der Waals surface area contributed by atoms with Gasteiger partial charge in [0.05, 0.1) is 12.5 Å². The SMILES string of the molecule is CC(O)N(S(C)(=O)=O)S(C)(=O)=O. The number of hydrogen-bond donors (Lipinski definition) is 1. The van der Waals surface area contributed by atoms with Crippen molar-refractivity contribution in [1.82, 2.24) is 3.71 Å². The van der Waals surface area contributed by atoms with E-state index in [1.54, 1.807) is 0 Å². The van der Waals surface area contributed by atoms with Gasteiger partial charge in [0, 0.05) is 0 Å². The molecule has 0 amide bonds. The second-order valence-corrected chi connectivity index (χ2v) is 6.33. The summed E-state index contributed by atoms with van der Waals surface area (Å²) in [6.45, 7) is 1.06. The van der Waals surface area contributed by atoms with E-state index in [1.165, 1.54) is 0 Å². The number of aliphatic hydroxyl groups is 1. The third-order valence-electron chi connectivity index (χ3n) is 0.959. The highest BCUT2D eigenvalue weighted by Crippen LogP contribution is 2.08. The summed E-state index contributed by atoms with van der Waals surface area (Å²) in [6.07, 6.45) is -0.156. The van der Waals surface area contributed by atoms with E-state index in [-0.39, 0.29) is 3.71 Å². The summed E-state index contributed by atoms with van der Waals surface area (Å²) in [6, 6.07) is 0. The summed E-state index contributed by atoms with van der Waals surface area (Å²) in [4.78, 5) is 0. The molecule has 0 aromatic carbocycles. The number of rotatable bonds is 3. The normalized spacial score (nSPS) is 16.4. The Kier molecular flexibility index (Phi) is 3.24. The first-order valence-electron chi connectivity index (χ1n) is 2.94. The van der Waals surface area contributed by atoms with Crippen molar-refractivity contribution in [1.29, 1.82) is 0 Å². The number of sulfonamides is 2. The lowest BCUT2D eigenvalue weighted by atomic mass is 10.7. The van der Waals surface area contributed by atoms with Crippen LogP contribution < -0.4 is 0 Å². The molecule has 0 aromatic heterocycles. The first kappa shape index (κ1) is 11.8. The molecule has 0 heterocycles. The Morgan fingerprint density at radius 1 is 1.08 bits per heavy atom. The van der Waals surface area contributed by atoms with Crippen LogP contribution in [0, 0.1) is 0 Å². The lowest BCUT2D eigenvalue weighted by Gasteiger charge is -2.19. The van der Waals surface area contributed by atoms with Gasteiger partial charge in [-0.3, -0.25) is 0 Å². The molecule has 0 saturated heterocycles. The molecule has 6 nitrogen and oxygen atoms in total. The first-order chi connectivity index (χ1) is 5.07. The van der Waals surface area contributed by atoms with E-state index >= 15 is 0 Å². The Hall–Kier alpha value is -0.180. The standard InChI is InChI=1S/C4H11NO5S2/c1-4(6)5(11(2,7)8)12(3,9)10/h4,6H,1-3H3. The molecule has 0 aliphatic rings. The van der Waals surface area contributed by atoms with Crippen molar-refractivity contribution in [2.75, 3.05) is 12.5 Å². The van der Waals surface area contributed by atoms with Gasteiger partial charge in [-0.2, -0.15) is 0 Å². The van der Waals surface area contributed by atoms with Crippen molar-refractivity contribution in [2.45, 2.75) is 13.2 Å². The zero-order chi connectivity index (χ0) is 10.2. The molecule has 0 aromatic rings. The Morgan fingerprint density at radius 3 is 1.33 bits per heavy atom. The van der Waals surface area contributed by atoms with Gasteiger partial charge in [0.25, 0.3) is 0 Å². The van der Waals surface area contributed by atoms with Gasteiger partial charge < -0.3 is 5.11 Å². The van der Waals surface area contributed by atoms with E-state index in [4.69, 9.17) is 5.11 Å². The van der Waals surface area contributed by atoms with Gasteiger partial charge in [0.1, 0.15) is 6.23 Å². The molecule has 0 fully saturated rings. The highest BCUT2D eigenvalue weighted by Gasteiger charge is 2.30. The minimum Gasteiger partial charge on any atom is -0.377 e. The summed E-state index contributed by atoms with van der Waals surface area (Å²) in [5.41, 5.74) is 0. The monoisotopic (exact) mass is 217 g/mol. The van der Waals surface area contributed by atoms with Gasteiger partial charge in [0.15, 0.2) is 0 Å². The number of hydrogen-bond acceptors (Lipinski definition) is 5. The molecular weight excluding hydrogens is 206 g/mol. The molecule has 0 rings (SSSR count). The van der Waals surface area contributed by atoms with Gasteiger partial charge in [0.2, 0.25) is 20.0 Å². The minimum absolute atomic E-state index is 0.0417. The smallest absolute Gasteiger partial charge is 0.226 e. The fourth-order valence-corrected chi connectivity index (χ4v) is 3.88. The van der Waals surface area contributed by atoms with Crippen molar-refractivity contribution in [2.24, 2.45) is 0 Å². The maximum absolute atomic E-state index is 10.8. The van der Waals surface area contributed by atoms with Crippen molar-refractivity contribution >= 4 is 20.0 Å². The van der Waals surface area contributed by atoms with Crippen LogP contribution in [-0.4, -0.2) is 44.4 Å². The molecular formula is C4H11NO5S2. The summed E-state index contributed by atoms with van der Waals surface area (Å²) in [5, 5.41) is 8.85. The molecule has 1 N–H and O–H groups in total. The van der Waals surface area contributed by atoms with Crippen molar-refractivity contribution in [3.05, 3.63) is 0 Å². The van der Waals surface area contributed by atoms with Crippen LogP contribution in [0.2, 0.25) is 0 Å². The maximum atomic E-state index is 10.8. The van der Waals surface area contributed by atoms with Crippen LogP contribution >= 0.6 is 0 Å².